The molecular formula is C39H37ClN2O6S. The lowest BCUT2D eigenvalue weighted by Crippen LogP contribution is -2.31. The molecule has 5 aromatic carbocycles. The highest BCUT2D eigenvalue weighted by Crippen LogP contribution is 2.34. The molecule has 0 aliphatic heterocycles. The van der Waals surface area contributed by atoms with Crippen molar-refractivity contribution < 1.29 is 27.5 Å². The summed E-state index contributed by atoms with van der Waals surface area (Å²) in [6.45, 7) is 6.11. The van der Waals surface area contributed by atoms with Gasteiger partial charge in [-0.15, -0.1) is 0 Å². The SMILES string of the molecule is COC(=O)CC(NC(=O)c1cc(Cl)ccc1NS(=O)(=O)c1ccc(C(C)(C)C)cc1)c1ccc(-c2ccccc2Oc2ccccc2)cc1. The van der Waals surface area contributed by atoms with Gasteiger partial charge in [-0.2, -0.15) is 0 Å². The van der Waals surface area contributed by atoms with Gasteiger partial charge in [-0.1, -0.05) is 105 Å². The first-order chi connectivity index (χ1) is 23.3. The van der Waals surface area contributed by atoms with Crippen LogP contribution in [0.1, 0.15) is 54.7 Å². The number of nitrogens with one attached hydrogen (secondary N) is 2. The summed E-state index contributed by atoms with van der Waals surface area (Å²) >= 11 is 6.27. The highest BCUT2D eigenvalue weighted by molar-refractivity contribution is 7.92. The third-order valence-corrected chi connectivity index (χ3v) is 9.50. The van der Waals surface area contributed by atoms with Gasteiger partial charge in [0.05, 0.1) is 35.7 Å². The first kappa shape index (κ1) is 35.2. The minimum absolute atomic E-state index is 0.0131. The van der Waals surface area contributed by atoms with Gasteiger partial charge in [0.2, 0.25) is 0 Å². The quantitative estimate of drug-likeness (QED) is 0.133. The predicted molar refractivity (Wildman–Crippen MR) is 193 cm³/mol. The largest absolute Gasteiger partial charge is 0.469 e. The second-order valence-corrected chi connectivity index (χ2v) is 14.5. The van der Waals surface area contributed by atoms with E-state index < -0.39 is 27.9 Å². The number of para-hydroxylation sites is 2. The van der Waals surface area contributed by atoms with Crippen LogP contribution in [0.3, 0.4) is 0 Å². The van der Waals surface area contributed by atoms with Crippen LogP contribution in [0.2, 0.25) is 5.02 Å². The zero-order valence-corrected chi connectivity index (χ0v) is 29.1. The third-order valence-electron chi connectivity index (χ3n) is 7.89. The highest BCUT2D eigenvalue weighted by atomic mass is 35.5. The average Bonchev–Trinajstić information content (AvgIpc) is 3.09. The summed E-state index contributed by atoms with van der Waals surface area (Å²) in [6, 6.07) is 34.6. The van der Waals surface area contributed by atoms with Gasteiger partial charge in [-0.05, 0) is 70.6 Å². The van der Waals surface area contributed by atoms with Gasteiger partial charge in [0.25, 0.3) is 15.9 Å². The standard InChI is InChI=1S/C39H37ClN2O6S/c1-39(2,3)28-18-21-31(22-19-28)49(45,46)42-34-23-20-29(40)24-33(34)38(44)41-35(25-37(43)47-4)27-16-14-26(15-17-27)32-12-8-9-13-36(32)48-30-10-6-5-7-11-30/h5-24,35,42H,25H2,1-4H3,(H,41,44). The van der Waals surface area contributed by atoms with Gasteiger partial charge in [-0.25, -0.2) is 8.42 Å². The molecule has 8 nitrogen and oxygen atoms in total. The predicted octanol–water partition coefficient (Wildman–Crippen LogP) is 8.93. The summed E-state index contributed by atoms with van der Waals surface area (Å²) in [5, 5.41) is 3.11. The van der Waals surface area contributed by atoms with Gasteiger partial charge >= 0.3 is 5.97 Å². The van der Waals surface area contributed by atoms with Crippen molar-refractivity contribution in [2.45, 2.75) is 43.5 Å². The van der Waals surface area contributed by atoms with Crippen LogP contribution < -0.4 is 14.8 Å². The number of esters is 1. The number of sulfonamides is 1. The summed E-state index contributed by atoms with van der Waals surface area (Å²) in [7, 11) is -2.79. The first-order valence-electron chi connectivity index (χ1n) is 15.6. The van der Waals surface area contributed by atoms with Crippen molar-refractivity contribution in [3.05, 3.63) is 143 Å². The second kappa shape index (κ2) is 15.0. The Bertz CT molecular complexity index is 2040. The first-order valence-corrected chi connectivity index (χ1v) is 17.4. The van der Waals surface area contributed by atoms with E-state index in [1.165, 1.54) is 37.4 Å². The van der Waals surface area contributed by atoms with Crippen LogP contribution in [0.15, 0.2) is 126 Å². The maximum atomic E-state index is 13.8. The van der Waals surface area contributed by atoms with E-state index in [4.69, 9.17) is 21.1 Å². The van der Waals surface area contributed by atoms with Crippen molar-refractivity contribution in [3.63, 3.8) is 0 Å². The van der Waals surface area contributed by atoms with E-state index in [2.05, 4.69) is 10.0 Å². The van der Waals surface area contributed by atoms with Crippen LogP contribution >= 0.6 is 11.6 Å². The highest BCUT2D eigenvalue weighted by Gasteiger charge is 2.25. The van der Waals surface area contributed by atoms with E-state index in [-0.39, 0.29) is 33.0 Å². The topological polar surface area (TPSA) is 111 Å². The molecule has 0 bridgehead atoms. The molecule has 0 spiro atoms. The summed E-state index contributed by atoms with van der Waals surface area (Å²) < 4.78 is 40.3. The molecule has 49 heavy (non-hydrogen) atoms. The fourth-order valence-corrected chi connectivity index (χ4v) is 6.43. The van der Waals surface area contributed by atoms with Crippen LogP contribution in [0, 0.1) is 0 Å². The maximum Gasteiger partial charge on any atom is 0.307 e. The van der Waals surface area contributed by atoms with Gasteiger partial charge in [0, 0.05) is 10.6 Å². The molecule has 1 unspecified atom stereocenters. The summed E-state index contributed by atoms with van der Waals surface area (Å²) in [4.78, 5) is 26.3. The number of amides is 1. The van der Waals surface area contributed by atoms with E-state index in [9.17, 15) is 18.0 Å². The molecule has 1 atom stereocenters. The number of methoxy groups -OCH3 is 1. The summed E-state index contributed by atoms with van der Waals surface area (Å²) in [5.74, 6) is 0.195. The van der Waals surface area contributed by atoms with Crippen molar-refractivity contribution in [2.24, 2.45) is 0 Å². The molecule has 5 rings (SSSR count). The Hall–Kier alpha value is -5.12. The van der Waals surface area contributed by atoms with Crippen LogP contribution in [0.5, 0.6) is 11.5 Å². The minimum Gasteiger partial charge on any atom is -0.469 e. The molecule has 0 fully saturated rings. The summed E-state index contributed by atoms with van der Waals surface area (Å²) in [6.07, 6.45) is -0.170. The zero-order chi connectivity index (χ0) is 35.2. The Morgan fingerprint density at radius 3 is 2.12 bits per heavy atom. The molecule has 252 valence electrons. The van der Waals surface area contributed by atoms with Gasteiger partial charge < -0.3 is 14.8 Å². The number of ether oxygens (including phenoxy) is 2. The normalized spacial score (nSPS) is 12.1. The molecule has 0 radical (unpaired) electrons. The fourth-order valence-electron chi connectivity index (χ4n) is 5.17. The minimum atomic E-state index is -4.06. The van der Waals surface area contributed by atoms with Gasteiger partial charge in [0.1, 0.15) is 11.5 Å². The number of halogens is 1. The van der Waals surface area contributed by atoms with Crippen molar-refractivity contribution >= 4 is 39.2 Å². The van der Waals surface area contributed by atoms with Crippen molar-refractivity contribution in [3.8, 4) is 22.6 Å². The van der Waals surface area contributed by atoms with Crippen LogP contribution in [-0.2, 0) is 25.0 Å². The lowest BCUT2D eigenvalue weighted by molar-refractivity contribution is -0.141. The Morgan fingerprint density at radius 1 is 0.816 bits per heavy atom. The zero-order valence-electron chi connectivity index (χ0n) is 27.6. The van der Waals surface area contributed by atoms with Crippen LogP contribution in [0.4, 0.5) is 5.69 Å². The maximum absolute atomic E-state index is 13.8. The lowest BCUT2D eigenvalue weighted by atomic mass is 9.87. The monoisotopic (exact) mass is 696 g/mol. The van der Waals surface area contributed by atoms with E-state index in [1.807, 2.05) is 99.6 Å². The van der Waals surface area contributed by atoms with Crippen molar-refractivity contribution in [2.75, 3.05) is 11.8 Å². The molecule has 0 aliphatic rings. The number of anilines is 1. The molecular weight excluding hydrogens is 660 g/mol. The van der Waals surface area contributed by atoms with Gasteiger partial charge in [-0.3, -0.25) is 14.3 Å². The Balaban J connectivity index is 1.40. The molecule has 10 heteroatoms. The van der Waals surface area contributed by atoms with Gasteiger partial charge in [0.15, 0.2) is 0 Å². The smallest absolute Gasteiger partial charge is 0.307 e. The van der Waals surface area contributed by atoms with Crippen LogP contribution in [0.25, 0.3) is 11.1 Å². The number of hydrogen-bond donors (Lipinski definition) is 2. The molecule has 0 aliphatic carbocycles. The Labute approximate surface area is 292 Å². The van der Waals surface area contributed by atoms with Crippen LogP contribution in [-0.4, -0.2) is 27.4 Å². The number of hydrogen-bond acceptors (Lipinski definition) is 6. The van der Waals surface area contributed by atoms with E-state index in [0.29, 0.717) is 17.1 Å². The van der Waals surface area contributed by atoms with Crippen molar-refractivity contribution in [1.82, 2.24) is 5.32 Å². The Morgan fingerprint density at radius 2 is 1.47 bits per heavy atom. The third kappa shape index (κ3) is 8.87. The molecule has 0 aromatic heterocycles. The van der Waals surface area contributed by atoms with E-state index in [1.54, 1.807) is 12.1 Å². The molecule has 5 aromatic rings. The average molecular weight is 697 g/mol. The summed E-state index contributed by atoms with van der Waals surface area (Å²) in [5.41, 5.74) is 3.19. The molecule has 0 heterocycles. The Kier molecular flexibility index (Phi) is 10.8. The van der Waals surface area contributed by atoms with Crippen molar-refractivity contribution in [1.29, 1.82) is 0 Å². The van der Waals surface area contributed by atoms with E-state index in [0.717, 1.165) is 16.7 Å². The number of rotatable bonds is 11. The molecule has 2 N–H and O–H groups in total. The number of benzene rings is 5. The second-order valence-electron chi connectivity index (χ2n) is 12.4. The molecule has 0 saturated carbocycles. The molecule has 0 saturated heterocycles. The lowest BCUT2D eigenvalue weighted by Gasteiger charge is -2.21. The molecule has 1 amide bonds. The van der Waals surface area contributed by atoms with E-state index >= 15 is 0 Å². The number of carbonyl (C=O) groups excluding carboxylic acids is 2. The number of carbonyl (C=O) groups is 2. The fraction of sp³-hybridized carbons (Fsp3) is 0.179.